The molecule has 2 nitrogen and oxygen atoms in total. The van der Waals surface area contributed by atoms with Crippen molar-refractivity contribution in [2.45, 2.75) is 56.6 Å². The number of aryl methyl sites for hydroxylation is 2. The van der Waals surface area contributed by atoms with Gasteiger partial charge in [0.05, 0.1) is 5.69 Å². The van der Waals surface area contributed by atoms with E-state index < -0.39 is 41.1 Å². The highest BCUT2D eigenvalue weighted by molar-refractivity contribution is 5.23. The summed E-state index contributed by atoms with van der Waals surface area (Å²) >= 11 is 0. The predicted molar refractivity (Wildman–Crippen MR) is 66.2 cm³/mol. The number of nitrogens with zero attached hydrogens (tertiary/aromatic N) is 2. The summed E-state index contributed by atoms with van der Waals surface area (Å²) in [6, 6.07) is 0. The molecule has 0 bridgehead atoms. The van der Waals surface area contributed by atoms with Crippen molar-refractivity contribution < 1.29 is 43.9 Å². The zero-order chi connectivity index (χ0) is 19.8. The first-order valence-corrected chi connectivity index (χ1v) is 7.04. The molecule has 1 aromatic heterocycles. The van der Waals surface area contributed by atoms with Crippen LogP contribution in [0.15, 0.2) is 0 Å². The summed E-state index contributed by atoms with van der Waals surface area (Å²) in [5.41, 5.74) is -3.04. The molecule has 0 aromatic carbocycles. The first-order valence-electron chi connectivity index (χ1n) is 7.04. The van der Waals surface area contributed by atoms with E-state index in [0.717, 1.165) is 0 Å². The average Bonchev–Trinajstić information content (AvgIpc) is 2.72. The second kappa shape index (κ2) is 6.67. The Hall–Kier alpha value is -1.49. The molecule has 0 aliphatic carbocycles. The van der Waals surface area contributed by atoms with Gasteiger partial charge in [0.25, 0.3) is 0 Å². The molecule has 0 unspecified atom stereocenters. The van der Waals surface area contributed by atoms with Crippen molar-refractivity contribution >= 4 is 0 Å². The lowest BCUT2D eigenvalue weighted by molar-refractivity contribution is -0.400. The van der Waals surface area contributed by atoms with Crippen LogP contribution in [-0.4, -0.2) is 27.8 Å². The SMILES string of the molecule is CCCCCc1nn(C)c(C(F)(F)C(F)(F)C(F)(F)C(F)(F)F)c1F. The summed E-state index contributed by atoms with van der Waals surface area (Å²) < 4.78 is 131. The zero-order valence-electron chi connectivity index (χ0n) is 13.0. The van der Waals surface area contributed by atoms with E-state index in [-0.39, 0.29) is 17.5 Å². The van der Waals surface area contributed by atoms with Gasteiger partial charge in [0.15, 0.2) is 5.82 Å². The lowest BCUT2D eigenvalue weighted by Crippen LogP contribution is -2.60. The minimum Gasteiger partial charge on any atom is -0.263 e. The van der Waals surface area contributed by atoms with Crippen LogP contribution in [0.3, 0.4) is 0 Å². The molecule has 1 rings (SSSR count). The van der Waals surface area contributed by atoms with Crippen molar-refractivity contribution in [1.82, 2.24) is 9.78 Å². The Morgan fingerprint density at radius 1 is 0.880 bits per heavy atom. The van der Waals surface area contributed by atoms with Crippen LogP contribution < -0.4 is 0 Å². The molecular formula is C13H14F10N2. The first kappa shape index (κ1) is 21.6. The van der Waals surface area contributed by atoms with Crippen LogP contribution in [0, 0.1) is 5.82 Å². The van der Waals surface area contributed by atoms with Gasteiger partial charge in [0.1, 0.15) is 5.69 Å². The Morgan fingerprint density at radius 3 is 1.84 bits per heavy atom. The van der Waals surface area contributed by atoms with Gasteiger partial charge in [-0.15, -0.1) is 0 Å². The van der Waals surface area contributed by atoms with E-state index in [1.807, 2.05) is 0 Å². The lowest BCUT2D eigenvalue weighted by Gasteiger charge is -2.33. The van der Waals surface area contributed by atoms with Crippen LogP contribution in [-0.2, 0) is 19.4 Å². The maximum absolute atomic E-state index is 14.0. The van der Waals surface area contributed by atoms with E-state index in [1.165, 1.54) is 0 Å². The van der Waals surface area contributed by atoms with Crippen molar-refractivity contribution in [3.05, 3.63) is 17.2 Å². The fourth-order valence-electron chi connectivity index (χ4n) is 2.12. The van der Waals surface area contributed by atoms with Crippen LogP contribution in [0.5, 0.6) is 0 Å². The van der Waals surface area contributed by atoms with Gasteiger partial charge in [-0.05, 0) is 12.8 Å². The fourth-order valence-corrected chi connectivity index (χ4v) is 2.12. The molecule has 0 aliphatic rings. The fraction of sp³-hybridized carbons (Fsp3) is 0.769. The maximum atomic E-state index is 14.0. The minimum atomic E-state index is -7.08. The van der Waals surface area contributed by atoms with Crippen LogP contribution in [0.2, 0.25) is 0 Å². The number of hydrogen-bond donors (Lipinski definition) is 0. The molecule has 25 heavy (non-hydrogen) atoms. The molecule has 0 fully saturated rings. The van der Waals surface area contributed by atoms with E-state index in [2.05, 4.69) is 5.10 Å². The number of alkyl halides is 9. The molecule has 0 atom stereocenters. The molecule has 1 heterocycles. The van der Waals surface area contributed by atoms with Gasteiger partial charge in [-0.1, -0.05) is 19.8 Å². The standard InChI is InChI=1S/C13H14F10N2/c1-3-4-5-6-7-8(14)9(25(2)24-7)10(15,16)11(17,18)12(19,20)13(21,22)23/h3-6H2,1-2H3. The third-order valence-corrected chi connectivity index (χ3v) is 3.51. The molecule has 1 aromatic rings. The molecule has 0 aliphatic heterocycles. The van der Waals surface area contributed by atoms with E-state index in [1.54, 1.807) is 6.92 Å². The van der Waals surface area contributed by atoms with Gasteiger partial charge in [-0.2, -0.15) is 44.6 Å². The van der Waals surface area contributed by atoms with Crippen molar-refractivity contribution in [2.75, 3.05) is 0 Å². The third kappa shape index (κ3) is 3.43. The van der Waals surface area contributed by atoms with Crippen LogP contribution in [0.4, 0.5) is 43.9 Å². The van der Waals surface area contributed by atoms with Gasteiger partial charge < -0.3 is 0 Å². The molecule has 0 radical (unpaired) electrons. The highest BCUT2D eigenvalue weighted by Gasteiger charge is 2.83. The summed E-state index contributed by atoms with van der Waals surface area (Å²) in [7, 11) is 0.553. The molecular weight excluding hydrogens is 374 g/mol. The maximum Gasteiger partial charge on any atom is 0.460 e. The summed E-state index contributed by atoms with van der Waals surface area (Å²) in [5.74, 6) is -22.2. The van der Waals surface area contributed by atoms with Crippen molar-refractivity contribution in [1.29, 1.82) is 0 Å². The van der Waals surface area contributed by atoms with E-state index in [9.17, 15) is 43.9 Å². The summed E-state index contributed by atoms with van der Waals surface area (Å²) in [6.45, 7) is 1.76. The quantitative estimate of drug-likeness (QED) is 0.463. The monoisotopic (exact) mass is 388 g/mol. The van der Waals surface area contributed by atoms with Crippen molar-refractivity contribution in [3.63, 3.8) is 0 Å². The van der Waals surface area contributed by atoms with Gasteiger partial charge in [-0.3, -0.25) is 4.68 Å². The van der Waals surface area contributed by atoms with Gasteiger partial charge >= 0.3 is 23.9 Å². The van der Waals surface area contributed by atoms with Crippen molar-refractivity contribution in [2.24, 2.45) is 7.05 Å². The number of unbranched alkanes of at least 4 members (excludes halogenated alkanes) is 2. The van der Waals surface area contributed by atoms with Crippen LogP contribution in [0.1, 0.15) is 37.6 Å². The summed E-state index contributed by atoms with van der Waals surface area (Å²) in [5, 5.41) is 3.21. The van der Waals surface area contributed by atoms with E-state index in [4.69, 9.17) is 0 Å². The molecule has 0 spiro atoms. The smallest absolute Gasteiger partial charge is 0.263 e. The summed E-state index contributed by atoms with van der Waals surface area (Å²) in [6.07, 6.45) is -5.81. The second-order valence-electron chi connectivity index (χ2n) is 5.41. The van der Waals surface area contributed by atoms with Crippen LogP contribution >= 0.6 is 0 Å². The molecule has 0 amide bonds. The molecule has 0 N–H and O–H groups in total. The zero-order valence-corrected chi connectivity index (χ0v) is 13.0. The largest absolute Gasteiger partial charge is 0.460 e. The Balaban J connectivity index is 3.39. The van der Waals surface area contributed by atoms with E-state index in [0.29, 0.717) is 19.9 Å². The van der Waals surface area contributed by atoms with Crippen molar-refractivity contribution in [3.8, 4) is 0 Å². The Morgan fingerprint density at radius 2 is 1.40 bits per heavy atom. The number of hydrogen-bond acceptors (Lipinski definition) is 1. The molecule has 0 saturated heterocycles. The minimum absolute atomic E-state index is 0.142. The number of rotatable bonds is 7. The Bertz CT molecular complexity index is 603. The highest BCUT2D eigenvalue weighted by Crippen LogP contribution is 2.56. The second-order valence-corrected chi connectivity index (χ2v) is 5.41. The first-order chi connectivity index (χ1) is 11.1. The Labute approximate surface area is 135 Å². The number of halogens is 10. The van der Waals surface area contributed by atoms with Gasteiger partial charge in [0.2, 0.25) is 0 Å². The molecule has 0 saturated carbocycles. The average molecular weight is 388 g/mol. The van der Waals surface area contributed by atoms with Gasteiger partial charge in [-0.25, -0.2) is 4.39 Å². The normalized spacial score (nSPS) is 14.2. The number of aromatic nitrogens is 2. The topological polar surface area (TPSA) is 17.8 Å². The predicted octanol–water partition coefficient (Wildman–Crippen LogP) is 5.22. The summed E-state index contributed by atoms with van der Waals surface area (Å²) in [4.78, 5) is 0. The van der Waals surface area contributed by atoms with Gasteiger partial charge in [0, 0.05) is 7.05 Å². The molecule has 146 valence electrons. The van der Waals surface area contributed by atoms with Crippen LogP contribution in [0.25, 0.3) is 0 Å². The Kier molecular flexibility index (Phi) is 5.75. The van der Waals surface area contributed by atoms with E-state index >= 15 is 0 Å². The lowest BCUT2D eigenvalue weighted by atomic mass is 10.00. The third-order valence-electron chi connectivity index (χ3n) is 3.51. The highest BCUT2D eigenvalue weighted by atomic mass is 19.4. The molecule has 12 heteroatoms.